The molecule has 1 aromatic carbocycles. The number of carbonyl (C=O) groups is 3. The van der Waals surface area contributed by atoms with Crippen LogP contribution in [0.25, 0.3) is 0 Å². The zero-order valence-corrected chi connectivity index (χ0v) is 10.6. The summed E-state index contributed by atoms with van der Waals surface area (Å²) < 4.78 is 36.6. The number of ether oxygens (including phenoxy) is 1. The van der Waals surface area contributed by atoms with E-state index in [2.05, 4.69) is 4.74 Å². The number of halogens is 3. The van der Waals surface area contributed by atoms with Crippen molar-refractivity contribution in [1.82, 2.24) is 0 Å². The summed E-state index contributed by atoms with van der Waals surface area (Å²) in [4.78, 5) is 30.4. The number of carboxylic acid groups (broad SMARTS) is 1. The van der Waals surface area contributed by atoms with E-state index in [1.165, 1.54) is 0 Å². The van der Waals surface area contributed by atoms with E-state index in [1.807, 2.05) is 6.07 Å². The van der Waals surface area contributed by atoms with Gasteiger partial charge >= 0.3 is 18.3 Å². The number of carbonyl (C=O) groups excluding carboxylic acids is 2. The fraction of sp³-hybridized carbons (Fsp3) is 0.250. The lowest BCUT2D eigenvalue weighted by atomic mass is 10.2. The van der Waals surface area contributed by atoms with E-state index in [0.717, 1.165) is 0 Å². The van der Waals surface area contributed by atoms with Gasteiger partial charge in [0.15, 0.2) is 0 Å². The highest BCUT2D eigenvalue weighted by Gasteiger charge is 2.33. The van der Waals surface area contributed by atoms with Crippen molar-refractivity contribution in [2.45, 2.75) is 19.2 Å². The van der Waals surface area contributed by atoms with Crippen LogP contribution in [-0.4, -0.2) is 29.3 Å². The molecule has 116 valence electrons. The summed E-state index contributed by atoms with van der Waals surface area (Å²) in [6, 6.07) is 8.76. The van der Waals surface area contributed by atoms with Gasteiger partial charge in [-0.05, 0) is 12.1 Å². The minimum atomic E-state index is -5.03. The predicted molar refractivity (Wildman–Crippen MR) is 64.0 cm³/mol. The maximum absolute atomic E-state index is 11.2. The Kier molecular flexibility index (Phi) is 7.51. The number of rotatable bonds is 4. The third-order valence-corrected chi connectivity index (χ3v) is 1.83. The van der Waals surface area contributed by atoms with Crippen molar-refractivity contribution >= 4 is 17.8 Å². The van der Waals surface area contributed by atoms with Crippen LogP contribution in [0.5, 0.6) is 0 Å². The van der Waals surface area contributed by atoms with Gasteiger partial charge in [-0.25, -0.2) is 0 Å². The van der Waals surface area contributed by atoms with Crippen LogP contribution in [0.2, 0.25) is 0 Å². The molecule has 0 unspecified atom stereocenters. The summed E-state index contributed by atoms with van der Waals surface area (Å²) in [5.41, 5.74) is 5.53. The van der Waals surface area contributed by atoms with Gasteiger partial charge in [0.25, 0.3) is 0 Å². The molecule has 0 atom stereocenters. The van der Waals surface area contributed by atoms with Crippen LogP contribution in [-0.2, 0) is 14.3 Å². The highest BCUT2D eigenvalue weighted by atomic mass is 19.4. The minimum Gasteiger partial charge on any atom is -0.481 e. The molecule has 0 saturated carbocycles. The van der Waals surface area contributed by atoms with Crippen LogP contribution in [0, 0.1) is 0 Å². The number of hydrogen-bond donors (Lipinski definition) is 2. The first-order valence-electron chi connectivity index (χ1n) is 5.47. The molecule has 0 heterocycles. The van der Waals surface area contributed by atoms with Gasteiger partial charge in [0.1, 0.15) is 0 Å². The lowest BCUT2D eigenvalue weighted by Crippen LogP contribution is -2.19. The van der Waals surface area contributed by atoms with Gasteiger partial charge in [-0.1, -0.05) is 18.2 Å². The fourth-order valence-corrected chi connectivity index (χ4v) is 0.992. The number of esters is 1. The molecule has 0 saturated heterocycles. The van der Waals surface area contributed by atoms with Gasteiger partial charge in [0, 0.05) is 5.56 Å². The van der Waals surface area contributed by atoms with Crippen molar-refractivity contribution < 1.29 is 37.4 Å². The van der Waals surface area contributed by atoms with E-state index in [1.54, 1.807) is 24.3 Å². The number of aliphatic carboxylic acids is 1. The number of carboxylic acids is 1. The largest absolute Gasteiger partial charge is 0.575 e. The molecule has 9 heteroatoms. The zero-order valence-electron chi connectivity index (χ0n) is 10.6. The molecule has 6 nitrogen and oxygen atoms in total. The van der Waals surface area contributed by atoms with E-state index < -0.39 is 31.1 Å². The second-order valence-electron chi connectivity index (χ2n) is 3.54. The summed E-state index contributed by atoms with van der Waals surface area (Å²) in [7, 11) is 0. The van der Waals surface area contributed by atoms with E-state index in [0.29, 0.717) is 5.56 Å². The molecule has 3 N–H and O–H groups in total. The molecule has 0 bridgehead atoms. The maximum Gasteiger partial charge on any atom is 0.575 e. The monoisotopic (exact) mass is 307 g/mol. The van der Waals surface area contributed by atoms with E-state index in [9.17, 15) is 27.6 Å². The van der Waals surface area contributed by atoms with Gasteiger partial charge in [0.05, 0.1) is 12.8 Å². The Labute approximate surface area is 117 Å². The molecule has 0 aliphatic heterocycles. The number of benzene rings is 1. The molecular weight excluding hydrogens is 295 g/mol. The van der Waals surface area contributed by atoms with Gasteiger partial charge in [-0.15, -0.1) is 13.2 Å². The summed E-state index contributed by atoms with van der Waals surface area (Å²) in [6.45, 7) is 0. The van der Waals surface area contributed by atoms with Gasteiger partial charge in [0.2, 0.25) is 5.91 Å². The molecular formula is C12H12F3NO5. The summed E-state index contributed by atoms with van der Waals surface area (Å²) in [6.07, 6.45) is -6.49. The third-order valence-electron chi connectivity index (χ3n) is 1.83. The number of hydrogen-bond acceptors (Lipinski definition) is 4. The third kappa shape index (κ3) is 11.0. The smallest absolute Gasteiger partial charge is 0.481 e. The molecule has 1 rings (SSSR count). The molecule has 0 aromatic heterocycles. The highest BCUT2D eigenvalue weighted by Crippen LogP contribution is 2.17. The number of amides is 1. The van der Waals surface area contributed by atoms with Crippen molar-refractivity contribution in [2.24, 2.45) is 5.73 Å². The van der Waals surface area contributed by atoms with Crippen LogP contribution in [0.4, 0.5) is 13.2 Å². The Morgan fingerprint density at radius 2 is 1.62 bits per heavy atom. The van der Waals surface area contributed by atoms with Crippen molar-refractivity contribution in [3.8, 4) is 0 Å². The van der Waals surface area contributed by atoms with Crippen LogP contribution < -0.4 is 5.73 Å². The van der Waals surface area contributed by atoms with Gasteiger partial charge < -0.3 is 15.6 Å². The van der Waals surface area contributed by atoms with E-state index in [-0.39, 0.29) is 5.91 Å². The standard InChI is InChI=1S/C7H7NO.C5H5F3O4/c8-7(9)6-4-2-1-3-5-6;6-5(7,8)12-4(11)2-1-3(9)10/h1-5H,(H2,8,9);1-2H2,(H,9,10). The molecule has 0 radical (unpaired) electrons. The van der Waals surface area contributed by atoms with Crippen molar-refractivity contribution in [1.29, 1.82) is 0 Å². The summed E-state index contributed by atoms with van der Waals surface area (Å²) >= 11 is 0. The second kappa shape index (κ2) is 8.56. The lowest BCUT2D eigenvalue weighted by Gasteiger charge is -2.05. The first-order valence-corrected chi connectivity index (χ1v) is 5.47. The van der Waals surface area contributed by atoms with Crippen LogP contribution >= 0.6 is 0 Å². The molecule has 0 spiro atoms. The topological polar surface area (TPSA) is 107 Å². The van der Waals surface area contributed by atoms with Crippen LogP contribution in [0.3, 0.4) is 0 Å². The Morgan fingerprint density at radius 3 is 1.95 bits per heavy atom. The van der Waals surface area contributed by atoms with Gasteiger partial charge in [-0.2, -0.15) is 0 Å². The molecule has 1 aromatic rings. The summed E-state index contributed by atoms with van der Waals surface area (Å²) in [5.74, 6) is -3.32. The highest BCUT2D eigenvalue weighted by molar-refractivity contribution is 5.92. The average Bonchev–Trinajstić information content (AvgIpc) is 2.36. The average molecular weight is 307 g/mol. The fourth-order valence-electron chi connectivity index (χ4n) is 0.992. The Hall–Kier alpha value is -2.58. The van der Waals surface area contributed by atoms with E-state index in [4.69, 9.17) is 10.8 Å². The minimum absolute atomic E-state index is 0.379. The zero-order chi connectivity index (χ0) is 16.5. The second-order valence-corrected chi connectivity index (χ2v) is 3.54. The van der Waals surface area contributed by atoms with Crippen molar-refractivity contribution in [2.75, 3.05) is 0 Å². The van der Waals surface area contributed by atoms with Crippen molar-refractivity contribution in [3.63, 3.8) is 0 Å². The number of alkyl halides is 3. The summed E-state index contributed by atoms with van der Waals surface area (Å²) in [5, 5.41) is 7.97. The SMILES string of the molecule is NC(=O)c1ccccc1.O=C(O)CCC(=O)OC(F)(F)F. The Morgan fingerprint density at radius 1 is 1.10 bits per heavy atom. The van der Waals surface area contributed by atoms with Crippen LogP contribution in [0.15, 0.2) is 30.3 Å². The molecule has 0 aliphatic carbocycles. The molecule has 21 heavy (non-hydrogen) atoms. The normalized spacial score (nSPS) is 10.0. The molecule has 0 fully saturated rings. The maximum atomic E-state index is 11.2. The molecule has 0 aliphatic rings. The first kappa shape index (κ1) is 18.4. The Balaban J connectivity index is 0.000000394. The lowest BCUT2D eigenvalue weighted by molar-refractivity contribution is -0.305. The Bertz CT molecular complexity index is 487. The van der Waals surface area contributed by atoms with Crippen LogP contribution in [0.1, 0.15) is 23.2 Å². The number of primary amides is 1. The molecule has 1 amide bonds. The van der Waals surface area contributed by atoms with Gasteiger partial charge in [-0.3, -0.25) is 14.4 Å². The predicted octanol–water partition coefficient (Wildman–Crippen LogP) is 1.70. The quantitative estimate of drug-likeness (QED) is 0.823. The van der Waals surface area contributed by atoms with E-state index >= 15 is 0 Å². The van der Waals surface area contributed by atoms with Crippen molar-refractivity contribution in [3.05, 3.63) is 35.9 Å². The first-order chi connectivity index (χ1) is 9.61. The number of nitrogens with two attached hydrogens (primary N) is 1.